The molecular formula is C15H18ClNO3. The third-order valence-electron chi connectivity index (χ3n) is 3.73. The van der Waals surface area contributed by atoms with E-state index < -0.39 is 5.97 Å². The number of nitrogens with one attached hydrogen (secondary N) is 1. The Balaban J connectivity index is 1.77. The van der Waals surface area contributed by atoms with E-state index in [9.17, 15) is 9.59 Å². The Hall–Kier alpha value is -1.55. The lowest BCUT2D eigenvalue weighted by atomic mass is 10.1. The Kier molecular flexibility index (Phi) is 5.01. The number of carboxylic acids is 1. The van der Waals surface area contributed by atoms with Crippen LogP contribution in [0.5, 0.6) is 0 Å². The molecule has 0 heterocycles. The van der Waals surface area contributed by atoms with Gasteiger partial charge in [-0.15, -0.1) is 0 Å². The number of aliphatic carboxylic acids is 1. The van der Waals surface area contributed by atoms with E-state index in [1.165, 1.54) is 0 Å². The van der Waals surface area contributed by atoms with E-state index in [4.69, 9.17) is 16.7 Å². The van der Waals surface area contributed by atoms with E-state index in [1.54, 1.807) is 0 Å². The van der Waals surface area contributed by atoms with Crippen LogP contribution in [-0.2, 0) is 16.0 Å². The number of carbonyl (C=O) groups excluding carboxylic acids is 1. The van der Waals surface area contributed by atoms with E-state index in [0.717, 1.165) is 12.0 Å². The highest BCUT2D eigenvalue weighted by Crippen LogP contribution is 2.25. The Bertz CT molecular complexity index is 504. The van der Waals surface area contributed by atoms with E-state index in [0.29, 0.717) is 30.7 Å². The van der Waals surface area contributed by atoms with Gasteiger partial charge in [0.15, 0.2) is 0 Å². The summed E-state index contributed by atoms with van der Waals surface area (Å²) >= 11 is 6.03. The minimum atomic E-state index is -0.766. The summed E-state index contributed by atoms with van der Waals surface area (Å²) in [6.07, 6.45) is 2.89. The third kappa shape index (κ3) is 3.97. The molecule has 2 atom stereocenters. The van der Waals surface area contributed by atoms with Crippen molar-refractivity contribution in [3.8, 4) is 0 Å². The quantitative estimate of drug-likeness (QED) is 0.877. The van der Waals surface area contributed by atoms with Gasteiger partial charge in [-0.2, -0.15) is 0 Å². The van der Waals surface area contributed by atoms with Crippen LogP contribution in [0.4, 0.5) is 0 Å². The van der Waals surface area contributed by atoms with Crippen molar-refractivity contribution in [2.24, 2.45) is 5.92 Å². The summed E-state index contributed by atoms with van der Waals surface area (Å²) in [7, 11) is 0. The van der Waals surface area contributed by atoms with Crippen molar-refractivity contribution >= 4 is 23.5 Å². The van der Waals surface area contributed by atoms with Crippen LogP contribution in [0.2, 0.25) is 5.02 Å². The van der Waals surface area contributed by atoms with Crippen LogP contribution in [0.1, 0.15) is 31.2 Å². The zero-order valence-electron chi connectivity index (χ0n) is 11.1. The molecule has 1 aliphatic carbocycles. The second-order valence-electron chi connectivity index (χ2n) is 5.20. The van der Waals surface area contributed by atoms with Crippen LogP contribution in [0, 0.1) is 5.92 Å². The number of amides is 1. The topological polar surface area (TPSA) is 66.4 Å². The van der Waals surface area contributed by atoms with E-state index in [-0.39, 0.29) is 17.9 Å². The van der Waals surface area contributed by atoms with Crippen LogP contribution < -0.4 is 5.32 Å². The summed E-state index contributed by atoms with van der Waals surface area (Å²) in [5, 5.41) is 12.5. The molecule has 20 heavy (non-hydrogen) atoms. The van der Waals surface area contributed by atoms with Gasteiger partial charge in [-0.3, -0.25) is 9.59 Å². The van der Waals surface area contributed by atoms with Crippen molar-refractivity contribution in [3.63, 3.8) is 0 Å². The molecular weight excluding hydrogens is 278 g/mol. The van der Waals surface area contributed by atoms with Gasteiger partial charge in [0, 0.05) is 17.5 Å². The Morgan fingerprint density at radius 2 is 2.05 bits per heavy atom. The molecule has 1 aliphatic rings. The maximum Gasteiger partial charge on any atom is 0.306 e. The number of halogens is 1. The predicted octanol–water partition coefficient (Wildman–Crippen LogP) is 2.64. The standard InChI is InChI=1S/C15H18ClNO3/c16-13-4-2-1-3-10(13)6-8-14(18)17-12-7-5-11(9-12)15(19)20/h1-4,11-12H,5-9H2,(H,17,18)(H,19,20)/t11-,12+/m1/s1. The van der Waals surface area contributed by atoms with E-state index in [2.05, 4.69) is 5.32 Å². The van der Waals surface area contributed by atoms with Gasteiger partial charge in [0.2, 0.25) is 5.91 Å². The number of carbonyl (C=O) groups is 2. The SMILES string of the molecule is O=C(CCc1ccccc1Cl)N[C@H]1CC[C@@H](C(=O)O)C1. The first-order valence-electron chi connectivity index (χ1n) is 6.82. The van der Waals surface area contributed by atoms with Crippen molar-refractivity contribution in [2.45, 2.75) is 38.1 Å². The number of carboxylic acid groups (broad SMARTS) is 1. The van der Waals surface area contributed by atoms with Crippen molar-refractivity contribution in [1.82, 2.24) is 5.32 Å². The normalized spacial score (nSPS) is 21.6. The van der Waals surface area contributed by atoms with Gasteiger partial charge in [-0.25, -0.2) is 0 Å². The zero-order chi connectivity index (χ0) is 14.5. The number of aryl methyl sites for hydroxylation is 1. The van der Waals surface area contributed by atoms with Crippen LogP contribution >= 0.6 is 11.6 Å². The van der Waals surface area contributed by atoms with Crippen molar-refractivity contribution in [1.29, 1.82) is 0 Å². The molecule has 0 saturated heterocycles. The first-order valence-corrected chi connectivity index (χ1v) is 7.19. The molecule has 2 rings (SSSR count). The molecule has 0 aliphatic heterocycles. The van der Waals surface area contributed by atoms with Crippen molar-refractivity contribution in [2.75, 3.05) is 0 Å². The predicted molar refractivity (Wildman–Crippen MR) is 76.7 cm³/mol. The molecule has 2 N–H and O–H groups in total. The maximum atomic E-state index is 11.9. The molecule has 0 spiro atoms. The molecule has 0 unspecified atom stereocenters. The average Bonchev–Trinajstić information content (AvgIpc) is 2.86. The molecule has 0 radical (unpaired) electrons. The fourth-order valence-electron chi connectivity index (χ4n) is 2.59. The lowest BCUT2D eigenvalue weighted by Gasteiger charge is -2.12. The Labute approximate surface area is 123 Å². The van der Waals surface area contributed by atoms with Gasteiger partial charge in [-0.05, 0) is 37.3 Å². The zero-order valence-corrected chi connectivity index (χ0v) is 11.9. The van der Waals surface area contributed by atoms with Crippen molar-refractivity contribution in [3.05, 3.63) is 34.9 Å². The van der Waals surface area contributed by atoms with Crippen LogP contribution in [0.15, 0.2) is 24.3 Å². The monoisotopic (exact) mass is 295 g/mol. The van der Waals surface area contributed by atoms with Crippen LogP contribution in [0.25, 0.3) is 0 Å². The molecule has 1 amide bonds. The van der Waals surface area contributed by atoms with E-state index >= 15 is 0 Å². The van der Waals surface area contributed by atoms with Gasteiger partial charge >= 0.3 is 5.97 Å². The molecule has 4 nitrogen and oxygen atoms in total. The molecule has 5 heteroatoms. The molecule has 1 saturated carbocycles. The molecule has 1 aromatic rings. The highest BCUT2D eigenvalue weighted by atomic mass is 35.5. The highest BCUT2D eigenvalue weighted by molar-refractivity contribution is 6.31. The second kappa shape index (κ2) is 6.75. The number of hydrogen-bond donors (Lipinski definition) is 2. The first kappa shape index (κ1) is 14.9. The van der Waals surface area contributed by atoms with Crippen LogP contribution in [-0.4, -0.2) is 23.0 Å². The largest absolute Gasteiger partial charge is 0.481 e. The Morgan fingerprint density at radius 1 is 1.30 bits per heavy atom. The van der Waals surface area contributed by atoms with Gasteiger partial charge < -0.3 is 10.4 Å². The molecule has 0 bridgehead atoms. The minimum Gasteiger partial charge on any atom is -0.481 e. The summed E-state index contributed by atoms with van der Waals surface area (Å²) in [6, 6.07) is 7.47. The number of benzene rings is 1. The summed E-state index contributed by atoms with van der Waals surface area (Å²) in [5.41, 5.74) is 0.958. The highest BCUT2D eigenvalue weighted by Gasteiger charge is 2.30. The van der Waals surface area contributed by atoms with E-state index in [1.807, 2.05) is 24.3 Å². The smallest absolute Gasteiger partial charge is 0.306 e. The fourth-order valence-corrected chi connectivity index (χ4v) is 2.82. The summed E-state index contributed by atoms with van der Waals surface area (Å²) in [4.78, 5) is 22.7. The molecule has 0 aromatic heterocycles. The lowest BCUT2D eigenvalue weighted by Crippen LogP contribution is -2.33. The second-order valence-corrected chi connectivity index (χ2v) is 5.61. The minimum absolute atomic E-state index is 0.00477. The maximum absolute atomic E-state index is 11.9. The van der Waals surface area contributed by atoms with Gasteiger partial charge in [0.05, 0.1) is 5.92 Å². The Morgan fingerprint density at radius 3 is 2.70 bits per heavy atom. The lowest BCUT2D eigenvalue weighted by molar-refractivity contribution is -0.141. The summed E-state index contributed by atoms with van der Waals surface area (Å²) in [6.45, 7) is 0. The fraction of sp³-hybridized carbons (Fsp3) is 0.467. The number of hydrogen-bond acceptors (Lipinski definition) is 2. The third-order valence-corrected chi connectivity index (χ3v) is 4.09. The average molecular weight is 296 g/mol. The first-order chi connectivity index (χ1) is 9.56. The molecule has 1 fully saturated rings. The van der Waals surface area contributed by atoms with Gasteiger partial charge in [0.1, 0.15) is 0 Å². The summed E-state index contributed by atoms with van der Waals surface area (Å²) in [5.74, 6) is -1.12. The van der Waals surface area contributed by atoms with Gasteiger partial charge in [-0.1, -0.05) is 29.8 Å². The van der Waals surface area contributed by atoms with Crippen molar-refractivity contribution < 1.29 is 14.7 Å². The number of rotatable bonds is 5. The summed E-state index contributed by atoms with van der Waals surface area (Å²) < 4.78 is 0. The van der Waals surface area contributed by atoms with Crippen LogP contribution in [0.3, 0.4) is 0 Å². The van der Waals surface area contributed by atoms with Gasteiger partial charge in [0.25, 0.3) is 0 Å². The molecule has 108 valence electrons. The molecule has 1 aromatic carbocycles.